The summed E-state index contributed by atoms with van der Waals surface area (Å²) >= 11 is 0. The minimum Gasteiger partial charge on any atom is -0.375 e. The third-order valence-electron chi connectivity index (χ3n) is 2.45. The molecule has 1 aliphatic heterocycles. The molecule has 1 amide bonds. The van der Waals surface area contributed by atoms with Crippen LogP contribution < -0.4 is 5.32 Å². The molecule has 70 valence electrons. The second-order valence-corrected chi connectivity index (χ2v) is 3.37. The number of likely N-dealkylation sites (N-methyl/N-ethyl adjacent to an activating group) is 1. The number of nitrogens with one attached hydrogen (secondary N) is 1. The Morgan fingerprint density at radius 3 is 2.92 bits per heavy atom. The highest BCUT2D eigenvalue weighted by Gasteiger charge is 2.36. The zero-order valence-electron chi connectivity index (χ0n) is 7.67. The summed E-state index contributed by atoms with van der Waals surface area (Å²) in [6.07, 6.45) is 1.71. The summed E-state index contributed by atoms with van der Waals surface area (Å²) in [7, 11) is 3.76. The van der Waals surface area contributed by atoms with Crippen molar-refractivity contribution >= 4 is 6.41 Å². The van der Waals surface area contributed by atoms with Gasteiger partial charge in [0.2, 0.25) is 6.41 Å². The molecule has 1 aliphatic rings. The summed E-state index contributed by atoms with van der Waals surface area (Å²) in [5.74, 6) is 0. The molecule has 0 aromatic rings. The Labute approximate surface area is 72.9 Å². The minimum atomic E-state index is -0.157. The number of ether oxygens (including phenoxy) is 1. The van der Waals surface area contributed by atoms with E-state index in [9.17, 15) is 4.79 Å². The summed E-state index contributed by atoms with van der Waals surface area (Å²) < 4.78 is 5.41. The number of likely N-dealkylation sites (tertiary alicyclic amines) is 1. The van der Waals surface area contributed by atoms with Crippen molar-refractivity contribution in [2.45, 2.75) is 12.0 Å². The van der Waals surface area contributed by atoms with Gasteiger partial charge in [0, 0.05) is 26.7 Å². The van der Waals surface area contributed by atoms with Crippen LogP contribution in [0, 0.1) is 0 Å². The van der Waals surface area contributed by atoms with Gasteiger partial charge in [-0.05, 0) is 13.5 Å². The Morgan fingerprint density at radius 1 is 1.75 bits per heavy atom. The second-order valence-electron chi connectivity index (χ2n) is 3.37. The van der Waals surface area contributed by atoms with E-state index >= 15 is 0 Å². The van der Waals surface area contributed by atoms with Crippen LogP contribution in [0.1, 0.15) is 6.42 Å². The molecule has 0 radical (unpaired) electrons. The first-order chi connectivity index (χ1) is 5.72. The number of nitrogens with zero attached hydrogens (tertiary/aromatic N) is 1. The topological polar surface area (TPSA) is 41.6 Å². The van der Waals surface area contributed by atoms with Gasteiger partial charge in [-0.25, -0.2) is 0 Å². The molecule has 4 heteroatoms. The highest BCUT2D eigenvalue weighted by Crippen LogP contribution is 2.22. The maximum atomic E-state index is 10.1. The molecule has 1 N–H and O–H groups in total. The summed E-state index contributed by atoms with van der Waals surface area (Å²) in [4.78, 5) is 12.3. The van der Waals surface area contributed by atoms with Crippen LogP contribution in [0.5, 0.6) is 0 Å². The number of methoxy groups -OCH3 is 1. The van der Waals surface area contributed by atoms with Crippen molar-refractivity contribution < 1.29 is 9.53 Å². The van der Waals surface area contributed by atoms with E-state index in [1.54, 1.807) is 7.11 Å². The molecule has 1 heterocycles. The maximum absolute atomic E-state index is 10.1. The van der Waals surface area contributed by atoms with Gasteiger partial charge in [-0.3, -0.25) is 4.79 Å². The average Bonchev–Trinajstić information content (AvgIpc) is 2.45. The Bertz CT molecular complexity index is 163. The highest BCUT2D eigenvalue weighted by molar-refractivity contribution is 5.46. The molecule has 0 aliphatic carbocycles. The van der Waals surface area contributed by atoms with Gasteiger partial charge in [0.25, 0.3) is 0 Å². The summed E-state index contributed by atoms with van der Waals surface area (Å²) in [5, 5.41) is 2.67. The van der Waals surface area contributed by atoms with Gasteiger partial charge < -0.3 is 15.0 Å². The van der Waals surface area contributed by atoms with Gasteiger partial charge in [-0.1, -0.05) is 0 Å². The van der Waals surface area contributed by atoms with Crippen molar-refractivity contribution in [1.82, 2.24) is 10.2 Å². The van der Waals surface area contributed by atoms with Gasteiger partial charge in [0.15, 0.2) is 0 Å². The van der Waals surface area contributed by atoms with Gasteiger partial charge in [0.1, 0.15) is 0 Å². The molecule has 1 atom stereocenters. The lowest BCUT2D eigenvalue weighted by atomic mass is 10.0. The number of hydrogen-bond donors (Lipinski definition) is 1. The average molecular weight is 172 g/mol. The highest BCUT2D eigenvalue weighted by atomic mass is 16.5. The number of rotatable bonds is 4. The Kier molecular flexibility index (Phi) is 3.05. The lowest BCUT2D eigenvalue weighted by Crippen LogP contribution is -2.44. The van der Waals surface area contributed by atoms with Crippen LogP contribution in [-0.2, 0) is 9.53 Å². The quantitative estimate of drug-likeness (QED) is 0.579. The maximum Gasteiger partial charge on any atom is 0.207 e. The van der Waals surface area contributed by atoms with Crippen molar-refractivity contribution in [3.05, 3.63) is 0 Å². The first-order valence-corrected chi connectivity index (χ1v) is 4.13. The first-order valence-electron chi connectivity index (χ1n) is 4.13. The summed E-state index contributed by atoms with van der Waals surface area (Å²) in [5.41, 5.74) is -0.157. The standard InChI is InChI=1S/C8H16N2O2/c1-10-4-3-8(6-10,12-2)5-9-7-11/h7H,3-6H2,1-2H3,(H,9,11). The minimum absolute atomic E-state index is 0.157. The van der Waals surface area contributed by atoms with E-state index < -0.39 is 0 Å². The van der Waals surface area contributed by atoms with Crippen LogP contribution in [0.2, 0.25) is 0 Å². The Morgan fingerprint density at radius 2 is 2.50 bits per heavy atom. The van der Waals surface area contributed by atoms with E-state index in [0.717, 1.165) is 25.9 Å². The number of carbonyl (C=O) groups excluding carboxylic acids is 1. The van der Waals surface area contributed by atoms with Crippen LogP contribution in [-0.4, -0.2) is 50.7 Å². The van der Waals surface area contributed by atoms with Crippen molar-refractivity contribution in [2.75, 3.05) is 33.8 Å². The Balaban J connectivity index is 2.46. The van der Waals surface area contributed by atoms with Gasteiger partial charge in [-0.15, -0.1) is 0 Å². The fourth-order valence-electron chi connectivity index (χ4n) is 1.66. The van der Waals surface area contributed by atoms with E-state index in [4.69, 9.17) is 4.74 Å². The fraction of sp³-hybridized carbons (Fsp3) is 0.875. The van der Waals surface area contributed by atoms with Crippen LogP contribution in [0.25, 0.3) is 0 Å². The third-order valence-corrected chi connectivity index (χ3v) is 2.45. The molecule has 1 fully saturated rings. The fourth-order valence-corrected chi connectivity index (χ4v) is 1.66. The zero-order chi connectivity index (χ0) is 9.03. The molecular weight excluding hydrogens is 156 g/mol. The van der Waals surface area contributed by atoms with Crippen molar-refractivity contribution in [1.29, 1.82) is 0 Å². The molecular formula is C8H16N2O2. The van der Waals surface area contributed by atoms with Crippen molar-refractivity contribution in [3.8, 4) is 0 Å². The summed E-state index contributed by atoms with van der Waals surface area (Å²) in [6, 6.07) is 0. The number of amides is 1. The van der Waals surface area contributed by atoms with E-state index in [2.05, 4.69) is 17.3 Å². The van der Waals surface area contributed by atoms with Gasteiger partial charge in [0.05, 0.1) is 5.60 Å². The van der Waals surface area contributed by atoms with Crippen LogP contribution in [0.3, 0.4) is 0 Å². The van der Waals surface area contributed by atoms with E-state index in [1.807, 2.05) is 0 Å². The third kappa shape index (κ3) is 1.95. The molecule has 0 aromatic carbocycles. The molecule has 12 heavy (non-hydrogen) atoms. The predicted molar refractivity (Wildman–Crippen MR) is 45.9 cm³/mol. The zero-order valence-corrected chi connectivity index (χ0v) is 7.67. The van der Waals surface area contributed by atoms with Crippen LogP contribution in [0.4, 0.5) is 0 Å². The van der Waals surface area contributed by atoms with Crippen LogP contribution >= 0.6 is 0 Å². The van der Waals surface area contributed by atoms with Gasteiger partial charge >= 0.3 is 0 Å². The van der Waals surface area contributed by atoms with Crippen molar-refractivity contribution in [2.24, 2.45) is 0 Å². The Hall–Kier alpha value is -0.610. The molecule has 0 saturated carbocycles. The molecule has 1 saturated heterocycles. The van der Waals surface area contributed by atoms with Crippen LogP contribution in [0.15, 0.2) is 0 Å². The summed E-state index contributed by atoms with van der Waals surface area (Å²) in [6.45, 7) is 2.54. The molecule has 0 bridgehead atoms. The SMILES string of the molecule is COC1(CNC=O)CCN(C)C1. The molecule has 0 aromatic heterocycles. The lowest BCUT2D eigenvalue weighted by Gasteiger charge is -2.26. The monoisotopic (exact) mass is 172 g/mol. The van der Waals surface area contributed by atoms with E-state index in [1.165, 1.54) is 0 Å². The second kappa shape index (κ2) is 3.87. The largest absolute Gasteiger partial charge is 0.375 e. The molecule has 1 rings (SSSR count). The number of carbonyl (C=O) groups is 1. The molecule has 4 nitrogen and oxygen atoms in total. The smallest absolute Gasteiger partial charge is 0.207 e. The lowest BCUT2D eigenvalue weighted by molar-refractivity contribution is -0.111. The molecule has 1 unspecified atom stereocenters. The number of hydrogen-bond acceptors (Lipinski definition) is 3. The van der Waals surface area contributed by atoms with Gasteiger partial charge in [-0.2, -0.15) is 0 Å². The molecule has 0 spiro atoms. The van der Waals surface area contributed by atoms with E-state index in [0.29, 0.717) is 6.54 Å². The van der Waals surface area contributed by atoms with E-state index in [-0.39, 0.29) is 5.60 Å². The first kappa shape index (κ1) is 9.48. The predicted octanol–water partition coefficient (Wildman–Crippen LogP) is -0.547. The normalized spacial score (nSPS) is 30.5. The van der Waals surface area contributed by atoms with Crippen molar-refractivity contribution in [3.63, 3.8) is 0 Å².